The van der Waals surface area contributed by atoms with E-state index in [1.807, 2.05) is 43.3 Å². The lowest BCUT2D eigenvalue weighted by Crippen LogP contribution is -2.15. The van der Waals surface area contributed by atoms with Crippen LogP contribution in [-0.4, -0.2) is 14.1 Å². The molecule has 2 rings (SSSR count). The van der Waals surface area contributed by atoms with Gasteiger partial charge in [0.15, 0.2) is 0 Å². The predicted molar refractivity (Wildman–Crippen MR) is 78.2 cm³/mol. The minimum absolute atomic E-state index is 0.445. The van der Waals surface area contributed by atoms with Gasteiger partial charge in [-0.3, -0.25) is 0 Å². The monoisotopic (exact) mass is 294 g/mol. The van der Waals surface area contributed by atoms with Crippen molar-refractivity contribution in [3.8, 4) is 0 Å². The second kappa shape index (κ2) is 5.77. The van der Waals surface area contributed by atoms with E-state index >= 15 is 0 Å². The van der Waals surface area contributed by atoms with Crippen molar-refractivity contribution in [3.63, 3.8) is 0 Å². The number of halogens is 3. The fourth-order valence-corrected chi connectivity index (χ4v) is 2.10. The van der Waals surface area contributed by atoms with Crippen molar-refractivity contribution in [2.75, 3.05) is 19.0 Å². The topological polar surface area (TPSA) is 29.3 Å². The first-order chi connectivity index (χ1) is 9.79. The molecule has 0 saturated heterocycles. The number of hydrogen-bond acceptors (Lipinski definition) is 2. The van der Waals surface area contributed by atoms with Gasteiger partial charge in [-0.1, -0.05) is 24.3 Å². The molecule has 0 fully saturated rings. The lowest BCUT2D eigenvalue weighted by Gasteiger charge is -2.18. The van der Waals surface area contributed by atoms with Crippen LogP contribution in [0.4, 0.5) is 18.9 Å². The highest BCUT2D eigenvalue weighted by Gasteiger charge is 2.30. The lowest BCUT2D eigenvalue weighted by atomic mass is 9.97. The maximum Gasteiger partial charge on any atom is 0.416 e. The molecule has 21 heavy (non-hydrogen) atoms. The van der Waals surface area contributed by atoms with E-state index in [0.29, 0.717) is 5.56 Å². The zero-order valence-electron chi connectivity index (χ0n) is 11.9. The van der Waals surface area contributed by atoms with Gasteiger partial charge in [0.25, 0.3) is 0 Å². The van der Waals surface area contributed by atoms with Gasteiger partial charge in [0.2, 0.25) is 0 Å². The number of rotatable bonds is 3. The average Bonchev–Trinajstić information content (AvgIpc) is 2.46. The van der Waals surface area contributed by atoms with Crippen molar-refractivity contribution < 1.29 is 13.2 Å². The van der Waals surface area contributed by atoms with E-state index in [0.717, 1.165) is 23.4 Å². The maximum absolute atomic E-state index is 12.8. The largest absolute Gasteiger partial charge is 0.416 e. The Morgan fingerprint density at radius 1 is 0.952 bits per heavy atom. The Bertz CT molecular complexity index is 621. The Labute approximate surface area is 122 Å². The molecule has 0 aliphatic heterocycles. The van der Waals surface area contributed by atoms with E-state index in [9.17, 15) is 13.2 Å². The van der Waals surface area contributed by atoms with Crippen LogP contribution in [0.3, 0.4) is 0 Å². The normalized spacial score (nSPS) is 13.0. The van der Waals surface area contributed by atoms with Gasteiger partial charge in [0.1, 0.15) is 0 Å². The van der Waals surface area contributed by atoms with Gasteiger partial charge in [0, 0.05) is 19.8 Å². The highest BCUT2D eigenvalue weighted by Crippen LogP contribution is 2.32. The Hall–Kier alpha value is -2.01. The number of benzene rings is 2. The van der Waals surface area contributed by atoms with Crippen LogP contribution in [0.2, 0.25) is 0 Å². The Morgan fingerprint density at radius 2 is 1.52 bits per heavy atom. The molecule has 0 bridgehead atoms. The molecule has 0 saturated carbocycles. The van der Waals surface area contributed by atoms with Gasteiger partial charge in [-0.2, -0.15) is 13.2 Å². The molecule has 1 unspecified atom stereocenters. The number of anilines is 1. The molecule has 5 heteroatoms. The standard InChI is InChI=1S/C16H17F3N2/c1-21(2)14-8-4-6-12(10-14)15(20)11-5-3-7-13(9-11)16(17,18)19/h3-10,15H,20H2,1-2H3. The Balaban J connectivity index is 2.36. The number of hydrogen-bond donors (Lipinski definition) is 1. The smallest absolute Gasteiger partial charge is 0.378 e. The van der Waals surface area contributed by atoms with Crippen LogP contribution in [0.5, 0.6) is 0 Å². The SMILES string of the molecule is CN(C)c1cccc(C(N)c2cccc(C(F)(F)F)c2)c1. The molecule has 112 valence electrons. The maximum atomic E-state index is 12.8. The molecule has 2 nitrogen and oxygen atoms in total. The second-order valence-corrected chi connectivity index (χ2v) is 5.09. The van der Waals surface area contributed by atoms with E-state index in [2.05, 4.69) is 0 Å². The van der Waals surface area contributed by atoms with Crippen LogP contribution >= 0.6 is 0 Å². The molecule has 0 heterocycles. The summed E-state index contributed by atoms with van der Waals surface area (Å²) in [5.41, 5.74) is 7.61. The zero-order valence-corrected chi connectivity index (χ0v) is 11.9. The van der Waals surface area contributed by atoms with Crippen molar-refractivity contribution in [1.82, 2.24) is 0 Å². The third kappa shape index (κ3) is 3.55. The lowest BCUT2D eigenvalue weighted by molar-refractivity contribution is -0.137. The molecule has 2 aromatic carbocycles. The fraction of sp³-hybridized carbons (Fsp3) is 0.250. The van der Waals surface area contributed by atoms with Crippen molar-refractivity contribution in [1.29, 1.82) is 0 Å². The first-order valence-corrected chi connectivity index (χ1v) is 6.49. The van der Waals surface area contributed by atoms with Gasteiger partial charge in [-0.05, 0) is 35.4 Å². The van der Waals surface area contributed by atoms with E-state index in [-0.39, 0.29) is 0 Å². The summed E-state index contributed by atoms with van der Waals surface area (Å²) in [6.45, 7) is 0. The summed E-state index contributed by atoms with van der Waals surface area (Å²) in [5.74, 6) is 0. The van der Waals surface area contributed by atoms with Crippen LogP contribution in [0, 0.1) is 0 Å². The van der Waals surface area contributed by atoms with Gasteiger partial charge in [-0.25, -0.2) is 0 Å². The predicted octanol–water partition coefficient (Wildman–Crippen LogP) is 3.82. The molecule has 0 spiro atoms. The van der Waals surface area contributed by atoms with Crippen molar-refractivity contribution in [2.24, 2.45) is 5.73 Å². The van der Waals surface area contributed by atoms with Crippen LogP contribution in [0.15, 0.2) is 48.5 Å². The Kier molecular flexibility index (Phi) is 4.23. The average molecular weight is 294 g/mol. The van der Waals surface area contributed by atoms with E-state index in [1.54, 1.807) is 6.07 Å². The molecule has 2 aromatic rings. The highest BCUT2D eigenvalue weighted by atomic mass is 19.4. The molecule has 1 atom stereocenters. The van der Waals surface area contributed by atoms with Crippen LogP contribution in [0.1, 0.15) is 22.7 Å². The van der Waals surface area contributed by atoms with Gasteiger partial charge in [0.05, 0.1) is 11.6 Å². The molecule has 2 N–H and O–H groups in total. The zero-order chi connectivity index (χ0) is 15.6. The summed E-state index contributed by atoms with van der Waals surface area (Å²) >= 11 is 0. The third-order valence-corrected chi connectivity index (χ3v) is 3.32. The summed E-state index contributed by atoms with van der Waals surface area (Å²) in [4.78, 5) is 1.92. The quantitative estimate of drug-likeness (QED) is 0.932. The Morgan fingerprint density at radius 3 is 2.10 bits per heavy atom. The van der Waals surface area contributed by atoms with Crippen molar-refractivity contribution in [3.05, 3.63) is 65.2 Å². The minimum atomic E-state index is -4.36. The summed E-state index contributed by atoms with van der Waals surface area (Å²) in [6.07, 6.45) is -4.36. The number of nitrogens with two attached hydrogens (primary N) is 1. The van der Waals surface area contributed by atoms with Gasteiger partial charge < -0.3 is 10.6 Å². The molecular formula is C16H17F3N2. The summed E-state index contributed by atoms with van der Waals surface area (Å²) in [6, 6.07) is 12.0. The highest BCUT2D eigenvalue weighted by molar-refractivity contribution is 5.49. The summed E-state index contributed by atoms with van der Waals surface area (Å²) in [5, 5.41) is 0. The van der Waals surface area contributed by atoms with Gasteiger partial charge >= 0.3 is 6.18 Å². The fourth-order valence-electron chi connectivity index (χ4n) is 2.10. The first-order valence-electron chi connectivity index (χ1n) is 6.49. The van der Waals surface area contributed by atoms with Gasteiger partial charge in [-0.15, -0.1) is 0 Å². The molecule has 0 aliphatic carbocycles. The number of nitrogens with zero attached hydrogens (tertiary/aromatic N) is 1. The summed E-state index contributed by atoms with van der Waals surface area (Å²) < 4.78 is 38.3. The molecule has 0 aromatic heterocycles. The van der Waals surface area contributed by atoms with Crippen LogP contribution < -0.4 is 10.6 Å². The van der Waals surface area contributed by atoms with Crippen LogP contribution in [-0.2, 0) is 6.18 Å². The molecule has 0 radical (unpaired) electrons. The third-order valence-electron chi connectivity index (χ3n) is 3.32. The van der Waals surface area contributed by atoms with Crippen molar-refractivity contribution in [2.45, 2.75) is 12.2 Å². The van der Waals surface area contributed by atoms with E-state index in [1.165, 1.54) is 6.07 Å². The number of alkyl halides is 3. The summed E-state index contributed by atoms with van der Waals surface area (Å²) in [7, 11) is 3.80. The van der Waals surface area contributed by atoms with E-state index < -0.39 is 17.8 Å². The molecular weight excluding hydrogens is 277 g/mol. The molecule has 0 amide bonds. The minimum Gasteiger partial charge on any atom is -0.378 e. The van der Waals surface area contributed by atoms with E-state index in [4.69, 9.17) is 5.73 Å². The second-order valence-electron chi connectivity index (χ2n) is 5.09. The van der Waals surface area contributed by atoms with Crippen LogP contribution in [0.25, 0.3) is 0 Å². The first kappa shape index (κ1) is 15.4. The molecule has 0 aliphatic rings. The van der Waals surface area contributed by atoms with Crippen molar-refractivity contribution >= 4 is 5.69 Å².